The Labute approximate surface area is 122 Å². The van der Waals surface area contributed by atoms with E-state index < -0.39 is 0 Å². The van der Waals surface area contributed by atoms with Crippen LogP contribution in [0.5, 0.6) is 0 Å². The predicted molar refractivity (Wildman–Crippen MR) is 79.3 cm³/mol. The first-order chi connectivity index (χ1) is 9.01. The summed E-state index contributed by atoms with van der Waals surface area (Å²) in [7, 11) is 0. The zero-order valence-corrected chi connectivity index (χ0v) is 12.7. The van der Waals surface area contributed by atoms with Crippen molar-refractivity contribution in [1.82, 2.24) is 9.97 Å². The molecular formula is C11H12BrN5OS. The number of carbonyl (C=O) groups is 1. The van der Waals surface area contributed by atoms with E-state index in [0.29, 0.717) is 21.0 Å². The molecule has 0 unspecified atom stereocenters. The predicted octanol–water partition coefficient (Wildman–Crippen LogP) is 2.46. The lowest BCUT2D eigenvalue weighted by Gasteiger charge is -2.07. The Balaban J connectivity index is 2.27. The normalized spacial score (nSPS) is 10.3. The first kappa shape index (κ1) is 13.9. The standard InChI is InChI=1S/C11H12BrN5OS/c1-5-6(2)19-11(15-5)16-10(18)8-3-7(12)4-14-9(8)17-13/h3-4H,13H2,1-2H3,(H,14,17)(H,15,16,18). The van der Waals surface area contributed by atoms with Gasteiger partial charge in [0.1, 0.15) is 0 Å². The number of aromatic nitrogens is 2. The van der Waals surface area contributed by atoms with E-state index in [1.54, 1.807) is 12.3 Å². The Hall–Kier alpha value is -1.51. The molecule has 0 atom stereocenters. The minimum Gasteiger partial charge on any atom is -0.308 e. The number of halogens is 1. The number of hydrogen-bond donors (Lipinski definition) is 3. The number of nitrogens with zero attached hydrogens (tertiary/aromatic N) is 2. The fraction of sp³-hybridized carbons (Fsp3) is 0.182. The Morgan fingerprint density at radius 3 is 2.79 bits per heavy atom. The molecule has 0 aliphatic heterocycles. The summed E-state index contributed by atoms with van der Waals surface area (Å²) in [4.78, 5) is 21.5. The molecule has 8 heteroatoms. The number of hydrogen-bond acceptors (Lipinski definition) is 6. The fourth-order valence-corrected chi connectivity index (χ4v) is 2.56. The van der Waals surface area contributed by atoms with E-state index in [-0.39, 0.29) is 5.91 Å². The Morgan fingerprint density at radius 1 is 1.47 bits per heavy atom. The van der Waals surface area contributed by atoms with Crippen LogP contribution in [0.15, 0.2) is 16.7 Å². The Morgan fingerprint density at radius 2 is 2.21 bits per heavy atom. The fourth-order valence-electron chi connectivity index (χ4n) is 1.42. The third kappa shape index (κ3) is 3.09. The van der Waals surface area contributed by atoms with Crippen molar-refractivity contribution in [3.05, 3.63) is 32.9 Å². The van der Waals surface area contributed by atoms with Crippen molar-refractivity contribution in [3.63, 3.8) is 0 Å². The summed E-state index contributed by atoms with van der Waals surface area (Å²) in [5.74, 6) is 5.34. The second kappa shape index (κ2) is 5.64. The molecular weight excluding hydrogens is 330 g/mol. The lowest BCUT2D eigenvalue weighted by molar-refractivity contribution is 0.102. The lowest BCUT2D eigenvalue weighted by Crippen LogP contribution is -2.18. The zero-order valence-electron chi connectivity index (χ0n) is 10.3. The monoisotopic (exact) mass is 341 g/mol. The van der Waals surface area contributed by atoms with Gasteiger partial charge < -0.3 is 5.43 Å². The van der Waals surface area contributed by atoms with Gasteiger partial charge in [-0.3, -0.25) is 10.1 Å². The molecule has 4 N–H and O–H groups in total. The molecule has 0 aromatic carbocycles. The lowest BCUT2D eigenvalue weighted by atomic mass is 10.2. The average molecular weight is 342 g/mol. The maximum absolute atomic E-state index is 12.2. The second-order valence-corrected chi connectivity index (χ2v) is 5.93. The molecule has 100 valence electrons. The summed E-state index contributed by atoms with van der Waals surface area (Å²) in [6, 6.07) is 1.64. The minimum absolute atomic E-state index is 0.310. The van der Waals surface area contributed by atoms with Crippen LogP contribution in [0.25, 0.3) is 0 Å². The van der Waals surface area contributed by atoms with Crippen molar-refractivity contribution >= 4 is 44.1 Å². The van der Waals surface area contributed by atoms with Gasteiger partial charge in [-0.25, -0.2) is 15.8 Å². The first-order valence-electron chi connectivity index (χ1n) is 5.39. The highest BCUT2D eigenvalue weighted by Gasteiger charge is 2.15. The molecule has 0 saturated heterocycles. The van der Waals surface area contributed by atoms with Gasteiger partial charge >= 0.3 is 0 Å². The van der Waals surface area contributed by atoms with Crippen LogP contribution in [0.3, 0.4) is 0 Å². The Bertz CT molecular complexity index is 608. The summed E-state index contributed by atoms with van der Waals surface area (Å²) in [5.41, 5.74) is 3.65. The highest BCUT2D eigenvalue weighted by atomic mass is 79.9. The molecule has 0 bridgehead atoms. The maximum Gasteiger partial charge on any atom is 0.261 e. The Kier molecular flexibility index (Phi) is 4.13. The number of anilines is 2. The summed E-state index contributed by atoms with van der Waals surface area (Å²) < 4.78 is 0.697. The summed E-state index contributed by atoms with van der Waals surface area (Å²) in [6.07, 6.45) is 1.56. The number of hydrazine groups is 1. The van der Waals surface area contributed by atoms with Crippen LogP contribution in [0.1, 0.15) is 20.9 Å². The molecule has 19 heavy (non-hydrogen) atoms. The van der Waals surface area contributed by atoms with E-state index in [0.717, 1.165) is 10.6 Å². The van der Waals surface area contributed by atoms with E-state index in [9.17, 15) is 4.79 Å². The highest BCUT2D eigenvalue weighted by molar-refractivity contribution is 9.10. The van der Waals surface area contributed by atoms with Crippen molar-refractivity contribution in [1.29, 1.82) is 0 Å². The zero-order chi connectivity index (χ0) is 14.0. The molecule has 0 spiro atoms. The van der Waals surface area contributed by atoms with Crippen LogP contribution in [0.2, 0.25) is 0 Å². The van der Waals surface area contributed by atoms with Crippen molar-refractivity contribution in [3.8, 4) is 0 Å². The number of carbonyl (C=O) groups excluding carboxylic acids is 1. The van der Waals surface area contributed by atoms with Crippen molar-refractivity contribution in [2.24, 2.45) is 5.84 Å². The van der Waals surface area contributed by atoms with E-state index in [1.165, 1.54) is 11.3 Å². The van der Waals surface area contributed by atoms with E-state index >= 15 is 0 Å². The molecule has 0 radical (unpaired) electrons. The molecule has 2 aromatic rings. The third-order valence-corrected chi connectivity index (χ3v) is 3.91. The molecule has 2 heterocycles. The number of amides is 1. The molecule has 0 aliphatic carbocycles. The number of rotatable bonds is 3. The first-order valence-corrected chi connectivity index (χ1v) is 6.99. The number of aryl methyl sites for hydroxylation is 2. The van der Waals surface area contributed by atoms with Crippen LogP contribution in [-0.4, -0.2) is 15.9 Å². The maximum atomic E-state index is 12.2. The van der Waals surface area contributed by atoms with E-state index in [2.05, 4.69) is 36.6 Å². The number of nitrogen functional groups attached to an aromatic ring is 1. The van der Waals surface area contributed by atoms with Crippen LogP contribution in [0, 0.1) is 13.8 Å². The van der Waals surface area contributed by atoms with Gasteiger partial charge in [0.05, 0.1) is 11.3 Å². The molecule has 0 aliphatic rings. The van der Waals surface area contributed by atoms with Gasteiger partial charge in [0, 0.05) is 15.5 Å². The van der Waals surface area contributed by atoms with Gasteiger partial charge in [-0.15, -0.1) is 11.3 Å². The molecule has 6 nitrogen and oxygen atoms in total. The van der Waals surface area contributed by atoms with Crippen LogP contribution >= 0.6 is 27.3 Å². The van der Waals surface area contributed by atoms with Crippen molar-refractivity contribution in [2.45, 2.75) is 13.8 Å². The van der Waals surface area contributed by atoms with Crippen LogP contribution in [0.4, 0.5) is 10.9 Å². The molecule has 0 fully saturated rings. The number of pyridine rings is 1. The van der Waals surface area contributed by atoms with Gasteiger partial charge in [0.25, 0.3) is 5.91 Å². The van der Waals surface area contributed by atoms with Crippen molar-refractivity contribution < 1.29 is 4.79 Å². The quantitative estimate of drug-likeness (QED) is 0.589. The molecule has 1 amide bonds. The average Bonchev–Trinajstić information content (AvgIpc) is 2.68. The molecule has 2 rings (SSSR count). The van der Waals surface area contributed by atoms with Crippen LogP contribution in [-0.2, 0) is 0 Å². The van der Waals surface area contributed by atoms with E-state index in [4.69, 9.17) is 5.84 Å². The highest BCUT2D eigenvalue weighted by Crippen LogP contribution is 2.23. The topological polar surface area (TPSA) is 92.9 Å². The summed E-state index contributed by atoms with van der Waals surface area (Å²) >= 11 is 4.70. The SMILES string of the molecule is Cc1nc(NC(=O)c2cc(Br)cnc2NN)sc1C. The van der Waals surface area contributed by atoms with Crippen molar-refractivity contribution in [2.75, 3.05) is 10.7 Å². The van der Waals surface area contributed by atoms with Gasteiger partial charge in [0.2, 0.25) is 0 Å². The largest absolute Gasteiger partial charge is 0.308 e. The number of thiazole rings is 1. The number of nitrogens with one attached hydrogen (secondary N) is 2. The van der Waals surface area contributed by atoms with Crippen LogP contribution < -0.4 is 16.6 Å². The summed E-state index contributed by atoms with van der Waals surface area (Å²) in [6.45, 7) is 3.85. The van der Waals surface area contributed by atoms with Gasteiger partial charge in [-0.05, 0) is 35.8 Å². The summed E-state index contributed by atoms with van der Waals surface area (Å²) in [5, 5.41) is 3.29. The smallest absolute Gasteiger partial charge is 0.261 e. The minimum atomic E-state index is -0.310. The number of nitrogens with two attached hydrogens (primary N) is 1. The van der Waals surface area contributed by atoms with Gasteiger partial charge in [-0.1, -0.05) is 0 Å². The third-order valence-electron chi connectivity index (χ3n) is 2.48. The molecule has 2 aromatic heterocycles. The van der Waals surface area contributed by atoms with Gasteiger partial charge in [-0.2, -0.15) is 0 Å². The second-order valence-electron chi connectivity index (χ2n) is 3.81. The van der Waals surface area contributed by atoms with E-state index in [1.807, 2.05) is 13.8 Å². The van der Waals surface area contributed by atoms with Gasteiger partial charge in [0.15, 0.2) is 10.9 Å². The molecule has 0 saturated carbocycles.